The molecule has 3 rings (SSSR count). The maximum absolute atomic E-state index is 12.9. The minimum Gasteiger partial charge on any atom is -0.492 e. The molecule has 132 valence electrons. The number of benzene rings is 2. The largest absolute Gasteiger partial charge is 0.492 e. The maximum atomic E-state index is 12.9. The van der Waals surface area contributed by atoms with Crippen molar-refractivity contribution in [2.24, 2.45) is 0 Å². The topological polar surface area (TPSA) is 47.6 Å². The monoisotopic (exact) mass is 343 g/mol. The zero-order valence-corrected chi connectivity index (χ0v) is 14.0. The van der Waals surface area contributed by atoms with Crippen LogP contribution in [0.1, 0.15) is 18.4 Å². The molecule has 1 heterocycles. The van der Waals surface area contributed by atoms with Crippen LogP contribution in [0.3, 0.4) is 0 Å². The lowest BCUT2D eigenvalue weighted by Gasteiger charge is -2.36. The first-order chi connectivity index (χ1) is 12.2. The van der Waals surface area contributed by atoms with Gasteiger partial charge in [0, 0.05) is 13.2 Å². The second-order valence-electron chi connectivity index (χ2n) is 6.12. The first kappa shape index (κ1) is 17.4. The fourth-order valence-electron chi connectivity index (χ4n) is 3.16. The molecule has 1 aliphatic rings. The average Bonchev–Trinajstić information content (AvgIpc) is 2.67. The summed E-state index contributed by atoms with van der Waals surface area (Å²) in [6, 6.07) is 15.7. The number of ether oxygens (including phenoxy) is 2. The van der Waals surface area contributed by atoms with Gasteiger partial charge in [-0.25, -0.2) is 4.39 Å². The predicted molar refractivity (Wildman–Crippen MR) is 93.1 cm³/mol. The van der Waals surface area contributed by atoms with Gasteiger partial charge >= 0.3 is 0 Å². The van der Waals surface area contributed by atoms with Gasteiger partial charge in [0.05, 0.1) is 12.0 Å². The zero-order chi connectivity index (χ0) is 17.5. The molecule has 25 heavy (non-hydrogen) atoms. The van der Waals surface area contributed by atoms with Crippen molar-refractivity contribution in [3.8, 4) is 5.75 Å². The van der Waals surface area contributed by atoms with Gasteiger partial charge in [-0.05, 0) is 42.7 Å². The number of hydrogen-bond acceptors (Lipinski definition) is 3. The Hall–Kier alpha value is -2.40. The third kappa shape index (κ3) is 4.17. The van der Waals surface area contributed by atoms with E-state index in [2.05, 4.69) is 5.32 Å². The minimum absolute atomic E-state index is 0.00436. The molecule has 0 bridgehead atoms. The summed E-state index contributed by atoms with van der Waals surface area (Å²) in [6.07, 6.45) is 1.34. The SMILES string of the molecule is O=C(NCCOc1ccc(F)cc1)C1(c2ccccc2)CCOCC1. The van der Waals surface area contributed by atoms with Crippen LogP contribution in [0.4, 0.5) is 4.39 Å². The molecule has 0 aromatic heterocycles. The van der Waals surface area contributed by atoms with Crippen LogP contribution in [0.5, 0.6) is 5.75 Å². The van der Waals surface area contributed by atoms with E-state index < -0.39 is 5.41 Å². The Morgan fingerprint density at radius 3 is 2.44 bits per heavy atom. The summed E-state index contributed by atoms with van der Waals surface area (Å²) in [7, 11) is 0. The van der Waals surface area contributed by atoms with Gasteiger partial charge < -0.3 is 14.8 Å². The van der Waals surface area contributed by atoms with Crippen LogP contribution in [0.15, 0.2) is 54.6 Å². The minimum atomic E-state index is -0.546. The van der Waals surface area contributed by atoms with Crippen LogP contribution in [0.2, 0.25) is 0 Å². The molecular formula is C20H22FNO3. The molecular weight excluding hydrogens is 321 g/mol. The maximum Gasteiger partial charge on any atom is 0.230 e. The van der Waals surface area contributed by atoms with E-state index in [1.54, 1.807) is 12.1 Å². The highest BCUT2D eigenvalue weighted by Crippen LogP contribution is 2.35. The molecule has 0 radical (unpaired) electrons. The van der Waals surface area contributed by atoms with Crippen molar-refractivity contribution in [1.29, 1.82) is 0 Å². The summed E-state index contributed by atoms with van der Waals surface area (Å²) in [5, 5.41) is 2.98. The number of halogens is 1. The Kier molecular flexibility index (Phi) is 5.66. The second kappa shape index (κ2) is 8.12. The quantitative estimate of drug-likeness (QED) is 0.820. The van der Waals surface area contributed by atoms with E-state index in [9.17, 15) is 9.18 Å². The van der Waals surface area contributed by atoms with Crippen LogP contribution < -0.4 is 10.1 Å². The molecule has 4 nitrogen and oxygen atoms in total. The standard InChI is InChI=1S/C20H22FNO3/c21-17-6-8-18(9-7-17)25-15-12-22-19(23)20(10-13-24-14-11-20)16-4-2-1-3-5-16/h1-9H,10-15H2,(H,22,23). The molecule has 1 fully saturated rings. The van der Waals surface area contributed by atoms with E-state index in [1.807, 2.05) is 30.3 Å². The lowest BCUT2D eigenvalue weighted by atomic mass is 9.73. The first-order valence-electron chi connectivity index (χ1n) is 8.51. The molecule has 1 amide bonds. The van der Waals surface area contributed by atoms with Crippen LogP contribution >= 0.6 is 0 Å². The number of rotatable bonds is 6. The zero-order valence-electron chi connectivity index (χ0n) is 14.0. The Labute approximate surface area is 147 Å². The molecule has 0 spiro atoms. The van der Waals surface area contributed by atoms with Gasteiger partial charge in [-0.15, -0.1) is 0 Å². The van der Waals surface area contributed by atoms with Crippen LogP contribution in [-0.4, -0.2) is 32.3 Å². The Morgan fingerprint density at radius 1 is 1.08 bits per heavy atom. The molecule has 0 unspecified atom stereocenters. The number of carbonyl (C=O) groups is 1. The second-order valence-corrected chi connectivity index (χ2v) is 6.12. The summed E-state index contributed by atoms with van der Waals surface area (Å²) < 4.78 is 23.9. The van der Waals surface area contributed by atoms with Gasteiger partial charge in [0.25, 0.3) is 0 Å². The van der Waals surface area contributed by atoms with Gasteiger partial charge in [-0.3, -0.25) is 4.79 Å². The summed E-state index contributed by atoms with van der Waals surface area (Å²) in [5.74, 6) is 0.286. The third-order valence-corrected chi connectivity index (χ3v) is 4.58. The van der Waals surface area contributed by atoms with E-state index in [-0.39, 0.29) is 11.7 Å². The van der Waals surface area contributed by atoms with E-state index in [4.69, 9.17) is 9.47 Å². The number of hydrogen-bond donors (Lipinski definition) is 1. The van der Waals surface area contributed by atoms with Gasteiger partial charge in [0.15, 0.2) is 0 Å². The smallest absolute Gasteiger partial charge is 0.230 e. The summed E-state index contributed by atoms with van der Waals surface area (Å²) in [5.41, 5.74) is 0.477. The van der Waals surface area contributed by atoms with Crippen molar-refractivity contribution in [2.75, 3.05) is 26.4 Å². The lowest BCUT2D eigenvalue weighted by Crippen LogP contribution is -2.48. The molecule has 2 aromatic carbocycles. The van der Waals surface area contributed by atoms with Crippen LogP contribution in [-0.2, 0) is 14.9 Å². The van der Waals surface area contributed by atoms with Crippen LogP contribution in [0, 0.1) is 5.82 Å². The summed E-state index contributed by atoms with van der Waals surface area (Å²) in [4.78, 5) is 12.9. The predicted octanol–water partition coefficient (Wildman–Crippen LogP) is 3.07. The Morgan fingerprint density at radius 2 is 1.76 bits per heavy atom. The van der Waals surface area contributed by atoms with Crippen molar-refractivity contribution >= 4 is 5.91 Å². The van der Waals surface area contributed by atoms with E-state index in [1.165, 1.54) is 12.1 Å². The molecule has 5 heteroatoms. The highest BCUT2D eigenvalue weighted by atomic mass is 19.1. The van der Waals surface area contributed by atoms with Gasteiger partial charge in [-0.2, -0.15) is 0 Å². The number of amides is 1. The molecule has 1 N–H and O–H groups in total. The summed E-state index contributed by atoms with van der Waals surface area (Å²) in [6.45, 7) is 1.88. The van der Waals surface area contributed by atoms with Gasteiger partial charge in [0.2, 0.25) is 5.91 Å². The van der Waals surface area contributed by atoms with Crippen LogP contribution in [0.25, 0.3) is 0 Å². The number of nitrogens with one attached hydrogen (secondary N) is 1. The third-order valence-electron chi connectivity index (χ3n) is 4.58. The molecule has 0 aliphatic carbocycles. The van der Waals surface area contributed by atoms with Crippen molar-refractivity contribution in [1.82, 2.24) is 5.32 Å². The van der Waals surface area contributed by atoms with Crippen molar-refractivity contribution in [2.45, 2.75) is 18.3 Å². The molecule has 1 saturated heterocycles. The summed E-state index contributed by atoms with van der Waals surface area (Å²) >= 11 is 0. The Balaban J connectivity index is 1.58. The average molecular weight is 343 g/mol. The highest BCUT2D eigenvalue weighted by Gasteiger charge is 2.41. The van der Waals surface area contributed by atoms with Gasteiger partial charge in [0.1, 0.15) is 18.2 Å². The van der Waals surface area contributed by atoms with E-state index in [0.717, 1.165) is 5.56 Å². The molecule has 1 aliphatic heterocycles. The fraction of sp³-hybridized carbons (Fsp3) is 0.350. The fourth-order valence-corrected chi connectivity index (χ4v) is 3.16. The van der Waals surface area contributed by atoms with E-state index >= 15 is 0 Å². The first-order valence-corrected chi connectivity index (χ1v) is 8.51. The highest BCUT2D eigenvalue weighted by molar-refractivity contribution is 5.88. The van der Waals surface area contributed by atoms with Gasteiger partial charge in [-0.1, -0.05) is 30.3 Å². The van der Waals surface area contributed by atoms with Crippen molar-refractivity contribution in [3.63, 3.8) is 0 Å². The number of carbonyl (C=O) groups excluding carboxylic acids is 1. The normalized spacial score (nSPS) is 16.2. The lowest BCUT2D eigenvalue weighted by molar-refractivity contribution is -0.130. The van der Waals surface area contributed by atoms with Crippen molar-refractivity contribution in [3.05, 3.63) is 66.0 Å². The van der Waals surface area contributed by atoms with Crippen molar-refractivity contribution < 1.29 is 18.7 Å². The molecule has 2 aromatic rings. The molecule has 0 atom stereocenters. The molecule has 0 saturated carbocycles. The Bertz CT molecular complexity index is 682. The van der Waals surface area contributed by atoms with E-state index in [0.29, 0.717) is 45.0 Å².